The highest BCUT2D eigenvalue weighted by molar-refractivity contribution is 5.96. The first-order valence-corrected chi connectivity index (χ1v) is 8.37. The van der Waals surface area contributed by atoms with Gasteiger partial charge in [-0.05, 0) is 47.9 Å². The molecule has 0 N–H and O–H groups in total. The highest BCUT2D eigenvalue weighted by Crippen LogP contribution is 2.41. The quantitative estimate of drug-likeness (QED) is 0.300. The van der Waals surface area contributed by atoms with Gasteiger partial charge < -0.3 is 0 Å². The standard InChI is InChI=1S/C22H15F5O.3CH4/c1-14(28)21(15-5-3-2-4-6-15,18-11-12-19(23)20(24)13-18)16-7-9-17(10-8-16)22(25,26)27;;;/h2-13H,1H3;3*1H4. The van der Waals surface area contributed by atoms with Crippen LogP contribution in [0.15, 0.2) is 72.8 Å². The molecular formula is C25H27F5O. The molecule has 1 nitrogen and oxygen atoms in total. The number of hydrogen-bond acceptors (Lipinski definition) is 1. The summed E-state index contributed by atoms with van der Waals surface area (Å²) in [7, 11) is 0. The summed E-state index contributed by atoms with van der Waals surface area (Å²) in [6, 6.07) is 15.5. The molecule has 0 aliphatic heterocycles. The molecule has 0 radical (unpaired) electrons. The maximum Gasteiger partial charge on any atom is 0.416 e. The van der Waals surface area contributed by atoms with Crippen molar-refractivity contribution in [3.8, 4) is 0 Å². The van der Waals surface area contributed by atoms with Gasteiger partial charge in [-0.25, -0.2) is 8.78 Å². The fraction of sp³-hybridized carbons (Fsp3) is 0.240. The number of benzene rings is 3. The Morgan fingerprint density at radius 1 is 0.645 bits per heavy atom. The second kappa shape index (κ2) is 10.3. The van der Waals surface area contributed by atoms with E-state index in [1.807, 2.05) is 0 Å². The lowest BCUT2D eigenvalue weighted by molar-refractivity contribution is -0.137. The molecule has 0 heterocycles. The van der Waals surface area contributed by atoms with E-state index in [1.165, 1.54) is 25.1 Å². The Morgan fingerprint density at radius 2 is 1.10 bits per heavy atom. The van der Waals surface area contributed by atoms with Gasteiger partial charge in [0.15, 0.2) is 11.6 Å². The van der Waals surface area contributed by atoms with Crippen molar-refractivity contribution in [1.82, 2.24) is 0 Å². The third kappa shape index (κ3) is 5.01. The maximum atomic E-state index is 14.0. The van der Waals surface area contributed by atoms with Gasteiger partial charge in [-0.3, -0.25) is 4.79 Å². The maximum absolute atomic E-state index is 14.0. The van der Waals surface area contributed by atoms with E-state index in [0.717, 1.165) is 24.3 Å². The third-order valence-electron chi connectivity index (χ3n) is 4.73. The lowest BCUT2D eigenvalue weighted by atomic mass is 9.67. The average molecular weight is 438 g/mol. The molecule has 0 amide bonds. The van der Waals surface area contributed by atoms with Crippen molar-refractivity contribution in [2.45, 2.75) is 40.8 Å². The van der Waals surface area contributed by atoms with Crippen LogP contribution in [0.4, 0.5) is 22.0 Å². The number of carbonyl (C=O) groups is 1. The van der Waals surface area contributed by atoms with Crippen molar-refractivity contribution in [2.24, 2.45) is 0 Å². The Morgan fingerprint density at radius 3 is 1.55 bits per heavy atom. The van der Waals surface area contributed by atoms with Gasteiger partial charge >= 0.3 is 6.18 Å². The van der Waals surface area contributed by atoms with Crippen LogP contribution in [0.3, 0.4) is 0 Å². The van der Waals surface area contributed by atoms with Crippen LogP contribution in [0.5, 0.6) is 0 Å². The zero-order valence-corrected chi connectivity index (χ0v) is 14.7. The summed E-state index contributed by atoms with van der Waals surface area (Å²) in [5.41, 5.74) is -1.66. The Bertz CT molecular complexity index is 995. The summed E-state index contributed by atoms with van der Waals surface area (Å²) in [5, 5.41) is 0. The lowest BCUT2D eigenvalue weighted by Crippen LogP contribution is -2.37. The van der Waals surface area contributed by atoms with Crippen molar-refractivity contribution in [3.63, 3.8) is 0 Å². The summed E-state index contributed by atoms with van der Waals surface area (Å²) in [6.45, 7) is 1.27. The monoisotopic (exact) mass is 438 g/mol. The van der Waals surface area contributed by atoms with E-state index in [4.69, 9.17) is 0 Å². The first-order chi connectivity index (χ1) is 13.2. The Labute approximate surface area is 180 Å². The van der Waals surface area contributed by atoms with Gasteiger partial charge in [-0.2, -0.15) is 13.2 Å². The molecule has 3 aromatic carbocycles. The molecule has 0 aromatic heterocycles. The van der Waals surface area contributed by atoms with E-state index in [1.54, 1.807) is 30.3 Å². The van der Waals surface area contributed by atoms with Gasteiger partial charge in [-0.1, -0.05) is 70.8 Å². The predicted molar refractivity (Wildman–Crippen MR) is 115 cm³/mol. The zero-order valence-electron chi connectivity index (χ0n) is 14.7. The Hall–Kier alpha value is -3.02. The van der Waals surface area contributed by atoms with Gasteiger partial charge in [0.1, 0.15) is 11.2 Å². The van der Waals surface area contributed by atoms with Crippen LogP contribution in [-0.4, -0.2) is 5.78 Å². The van der Waals surface area contributed by atoms with Crippen LogP contribution in [0.2, 0.25) is 0 Å². The number of rotatable bonds is 4. The van der Waals surface area contributed by atoms with Gasteiger partial charge in [0.25, 0.3) is 0 Å². The molecule has 0 fully saturated rings. The molecule has 0 bridgehead atoms. The zero-order chi connectivity index (χ0) is 20.5. The largest absolute Gasteiger partial charge is 0.416 e. The molecule has 3 rings (SSSR count). The molecule has 1 unspecified atom stereocenters. The lowest BCUT2D eigenvalue weighted by Gasteiger charge is -2.33. The molecule has 0 saturated heterocycles. The van der Waals surface area contributed by atoms with Crippen LogP contribution in [0.25, 0.3) is 0 Å². The fourth-order valence-electron chi connectivity index (χ4n) is 3.44. The highest BCUT2D eigenvalue weighted by atomic mass is 19.4. The van der Waals surface area contributed by atoms with Crippen molar-refractivity contribution < 1.29 is 26.7 Å². The molecule has 31 heavy (non-hydrogen) atoms. The number of ketones is 1. The molecule has 3 aromatic rings. The molecule has 168 valence electrons. The van der Waals surface area contributed by atoms with Crippen molar-refractivity contribution in [2.75, 3.05) is 0 Å². The summed E-state index contributed by atoms with van der Waals surface area (Å²) in [6.07, 6.45) is -4.54. The van der Waals surface area contributed by atoms with Crippen LogP contribution in [0, 0.1) is 11.6 Å². The van der Waals surface area contributed by atoms with E-state index in [9.17, 15) is 26.7 Å². The molecule has 0 saturated carbocycles. The van der Waals surface area contributed by atoms with E-state index in [-0.39, 0.29) is 33.4 Å². The minimum absolute atomic E-state index is 0. The van der Waals surface area contributed by atoms with Crippen molar-refractivity contribution in [3.05, 3.63) is 107 Å². The van der Waals surface area contributed by atoms with Crippen molar-refractivity contribution in [1.29, 1.82) is 0 Å². The fourth-order valence-corrected chi connectivity index (χ4v) is 3.44. The van der Waals surface area contributed by atoms with Crippen LogP contribution in [-0.2, 0) is 16.4 Å². The minimum atomic E-state index is -4.54. The summed E-state index contributed by atoms with van der Waals surface area (Å²) < 4.78 is 66.4. The van der Waals surface area contributed by atoms with Crippen molar-refractivity contribution >= 4 is 5.78 Å². The van der Waals surface area contributed by atoms with Crippen LogP contribution >= 0.6 is 0 Å². The summed E-state index contributed by atoms with van der Waals surface area (Å²) in [4.78, 5) is 12.9. The van der Waals surface area contributed by atoms with E-state index in [0.29, 0.717) is 5.56 Å². The first kappa shape index (κ1) is 28.0. The van der Waals surface area contributed by atoms with Gasteiger partial charge in [0.05, 0.1) is 5.56 Å². The number of carbonyl (C=O) groups excluding carboxylic acids is 1. The number of hydrogen-bond donors (Lipinski definition) is 0. The highest BCUT2D eigenvalue weighted by Gasteiger charge is 2.42. The van der Waals surface area contributed by atoms with E-state index >= 15 is 0 Å². The topological polar surface area (TPSA) is 17.1 Å². The first-order valence-electron chi connectivity index (χ1n) is 8.37. The van der Waals surface area contributed by atoms with E-state index in [2.05, 4.69) is 0 Å². The molecule has 0 aliphatic carbocycles. The Balaban J connectivity index is 0.00000300. The van der Waals surface area contributed by atoms with Crippen LogP contribution < -0.4 is 0 Å². The minimum Gasteiger partial charge on any atom is -0.298 e. The van der Waals surface area contributed by atoms with E-state index < -0.39 is 34.6 Å². The van der Waals surface area contributed by atoms with Crippen LogP contribution in [0.1, 0.15) is 51.5 Å². The third-order valence-corrected chi connectivity index (χ3v) is 4.73. The predicted octanol–water partition coefficient (Wildman–Crippen LogP) is 7.82. The van der Waals surface area contributed by atoms with Gasteiger partial charge in [0, 0.05) is 0 Å². The average Bonchev–Trinajstić information content (AvgIpc) is 2.65. The SMILES string of the molecule is C.C.C.CC(=O)C(c1ccccc1)(c1ccc(C(F)(F)F)cc1)c1ccc(F)c(F)c1. The normalized spacial score (nSPS) is 12.5. The summed E-state index contributed by atoms with van der Waals surface area (Å²) >= 11 is 0. The molecule has 6 heteroatoms. The molecule has 0 spiro atoms. The number of alkyl halides is 3. The molecular weight excluding hydrogens is 411 g/mol. The number of Topliss-reactive ketones (excluding diaryl/α,β-unsaturated/α-hetero) is 1. The number of halogens is 5. The second-order valence-electron chi connectivity index (χ2n) is 6.38. The smallest absolute Gasteiger partial charge is 0.298 e. The van der Waals surface area contributed by atoms with Gasteiger partial charge in [-0.15, -0.1) is 0 Å². The summed E-state index contributed by atoms with van der Waals surface area (Å²) in [5.74, 6) is -2.67. The Kier molecular flexibility index (Phi) is 9.33. The molecule has 0 aliphatic rings. The molecule has 1 atom stereocenters. The second-order valence-corrected chi connectivity index (χ2v) is 6.38. The van der Waals surface area contributed by atoms with Gasteiger partial charge in [0.2, 0.25) is 0 Å².